The second kappa shape index (κ2) is 4.46. The zero-order valence-corrected chi connectivity index (χ0v) is 12.3. The number of allylic oxidation sites excluding steroid dienone is 2. The van der Waals surface area contributed by atoms with E-state index in [2.05, 4.69) is 49.3 Å². The average Bonchev–Trinajstić information content (AvgIpc) is 2.56. The minimum Gasteiger partial charge on any atom is -0.300 e. The molecule has 1 N–H and O–H groups in total. The lowest BCUT2D eigenvalue weighted by Gasteiger charge is -2.01. The van der Waals surface area contributed by atoms with Crippen molar-refractivity contribution in [1.29, 1.82) is 0 Å². The van der Waals surface area contributed by atoms with E-state index < -0.39 is 0 Å². The molecule has 0 spiro atoms. The predicted octanol–water partition coefficient (Wildman–Crippen LogP) is 3.02. The first-order valence-corrected chi connectivity index (χ1v) is 6.90. The zero-order chi connectivity index (χ0) is 13.5. The highest BCUT2D eigenvalue weighted by atomic mass is 32.1. The van der Waals surface area contributed by atoms with Crippen LogP contribution in [0, 0.1) is 24.2 Å². The fourth-order valence-electron chi connectivity index (χ4n) is 2.38. The second-order valence-corrected chi connectivity index (χ2v) is 6.87. The molecule has 1 fully saturated rings. The van der Waals surface area contributed by atoms with Gasteiger partial charge in [-0.25, -0.2) is 0 Å². The lowest BCUT2D eigenvalue weighted by atomic mass is 10.1. The Bertz CT molecular complexity index is 500. The maximum atomic E-state index is 12.2. The standard InChI is InChI=1S/C13H19N3OS/c1-7(2)6-9-10(13(9,4)5)11(17)14-12-16-15-8(3)18-12/h6,9-10H,1-5H3,(H,14,16,17)/t9-,10-/m1/s1. The van der Waals surface area contributed by atoms with Crippen LogP contribution in [0.25, 0.3) is 0 Å². The Morgan fingerprint density at radius 3 is 2.56 bits per heavy atom. The number of amides is 1. The van der Waals surface area contributed by atoms with Gasteiger partial charge in [0.25, 0.3) is 0 Å². The summed E-state index contributed by atoms with van der Waals surface area (Å²) in [6.07, 6.45) is 2.19. The zero-order valence-electron chi connectivity index (χ0n) is 11.4. The van der Waals surface area contributed by atoms with Gasteiger partial charge in [0.15, 0.2) is 0 Å². The van der Waals surface area contributed by atoms with Crippen molar-refractivity contribution < 1.29 is 4.79 Å². The second-order valence-electron chi connectivity index (χ2n) is 5.68. The van der Waals surface area contributed by atoms with Gasteiger partial charge in [0.2, 0.25) is 11.0 Å². The van der Waals surface area contributed by atoms with Crippen molar-refractivity contribution >= 4 is 22.4 Å². The van der Waals surface area contributed by atoms with Crippen LogP contribution < -0.4 is 5.32 Å². The summed E-state index contributed by atoms with van der Waals surface area (Å²) in [6, 6.07) is 0. The first-order chi connectivity index (χ1) is 8.32. The van der Waals surface area contributed by atoms with Gasteiger partial charge in [0.1, 0.15) is 5.01 Å². The monoisotopic (exact) mass is 265 g/mol. The SMILES string of the molecule is CC(C)=C[C@@H]1[C@H](C(=O)Nc2nnc(C)s2)C1(C)C. The van der Waals surface area contributed by atoms with Gasteiger partial charge >= 0.3 is 0 Å². The number of nitrogens with zero attached hydrogens (tertiary/aromatic N) is 2. The van der Waals surface area contributed by atoms with Crippen molar-refractivity contribution in [2.75, 3.05) is 5.32 Å². The van der Waals surface area contributed by atoms with E-state index in [9.17, 15) is 4.79 Å². The Morgan fingerprint density at radius 2 is 2.06 bits per heavy atom. The van der Waals surface area contributed by atoms with Crippen molar-refractivity contribution in [3.8, 4) is 0 Å². The lowest BCUT2D eigenvalue weighted by Crippen LogP contribution is -2.16. The van der Waals surface area contributed by atoms with E-state index in [4.69, 9.17) is 0 Å². The van der Waals surface area contributed by atoms with Crippen molar-refractivity contribution in [1.82, 2.24) is 10.2 Å². The maximum absolute atomic E-state index is 12.2. The molecule has 0 radical (unpaired) electrons. The molecular weight excluding hydrogens is 246 g/mol. The average molecular weight is 265 g/mol. The number of hydrogen-bond acceptors (Lipinski definition) is 4. The van der Waals surface area contributed by atoms with Crippen LogP contribution in [-0.4, -0.2) is 16.1 Å². The number of aromatic nitrogens is 2. The molecule has 1 aromatic rings. The fraction of sp³-hybridized carbons (Fsp3) is 0.615. The molecule has 1 aliphatic rings. The van der Waals surface area contributed by atoms with Crippen LogP contribution in [0.2, 0.25) is 0 Å². The molecule has 1 saturated carbocycles. The van der Waals surface area contributed by atoms with Gasteiger partial charge in [-0.15, -0.1) is 10.2 Å². The summed E-state index contributed by atoms with van der Waals surface area (Å²) >= 11 is 1.41. The van der Waals surface area contributed by atoms with Crippen LogP contribution in [0.1, 0.15) is 32.7 Å². The van der Waals surface area contributed by atoms with Crippen LogP contribution in [0.4, 0.5) is 5.13 Å². The summed E-state index contributed by atoms with van der Waals surface area (Å²) in [6.45, 7) is 10.3. The molecule has 18 heavy (non-hydrogen) atoms. The van der Waals surface area contributed by atoms with Gasteiger partial charge in [-0.1, -0.05) is 36.8 Å². The number of anilines is 1. The Balaban J connectivity index is 2.05. The Kier molecular flexibility index (Phi) is 3.27. The molecule has 1 amide bonds. The third-order valence-electron chi connectivity index (χ3n) is 3.46. The number of rotatable bonds is 3. The maximum Gasteiger partial charge on any atom is 0.230 e. The van der Waals surface area contributed by atoms with Gasteiger partial charge < -0.3 is 5.32 Å². The highest BCUT2D eigenvalue weighted by Gasteiger charge is 2.60. The number of carbonyl (C=O) groups is 1. The first-order valence-electron chi connectivity index (χ1n) is 6.08. The fourth-order valence-corrected chi connectivity index (χ4v) is 2.97. The Labute approximate surface area is 112 Å². The van der Waals surface area contributed by atoms with Crippen molar-refractivity contribution in [3.63, 3.8) is 0 Å². The van der Waals surface area contributed by atoms with Gasteiger partial charge in [-0.05, 0) is 32.1 Å². The van der Waals surface area contributed by atoms with Crippen LogP contribution in [0.3, 0.4) is 0 Å². The van der Waals surface area contributed by atoms with Crippen molar-refractivity contribution in [2.45, 2.75) is 34.6 Å². The van der Waals surface area contributed by atoms with E-state index >= 15 is 0 Å². The molecule has 0 aliphatic heterocycles. The van der Waals surface area contributed by atoms with Crippen LogP contribution in [0.15, 0.2) is 11.6 Å². The number of hydrogen-bond donors (Lipinski definition) is 1. The summed E-state index contributed by atoms with van der Waals surface area (Å²) in [4.78, 5) is 12.2. The smallest absolute Gasteiger partial charge is 0.230 e. The highest BCUT2D eigenvalue weighted by molar-refractivity contribution is 7.15. The van der Waals surface area contributed by atoms with Crippen molar-refractivity contribution in [3.05, 3.63) is 16.7 Å². The number of carbonyl (C=O) groups excluding carboxylic acids is 1. The Morgan fingerprint density at radius 1 is 1.39 bits per heavy atom. The van der Waals surface area contributed by atoms with Crippen LogP contribution >= 0.6 is 11.3 Å². The molecule has 0 bridgehead atoms. The summed E-state index contributed by atoms with van der Waals surface area (Å²) in [5.74, 6) is 0.423. The molecule has 2 atom stereocenters. The quantitative estimate of drug-likeness (QED) is 0.855. The predicted molar refractivity (Wildman–Crippen MR) is 73.5 cm³/mol. The van der Waals surface area contributed by atoms with Gasteiger partial charge in [-0.3, -0.25) is 4.79 Å². The van der Waals surface area contributed by atoms with E-state index in [1.807, 2.05) is 6.92 Å². The van der Waals surface area contributed by atoms with E-state index in [0.717, 1.165) is 5.01 Å². The summed E-state index contributed by atoms with van der Waals surface area (Å²) < 4.78 is 0. The lowest BCUT2D eigenvalue weighted by molar-refractivity contribution is -0.118. The third-order valence-corrected chi connectivity index (χ3v) is 4.22. The molecule has 1 aliphatic carbocycles. The van der Waals surface area contributed by atoms with Crippen molar-refractivity contribution in [2.24, 2.45) is 17.3 Å². The summed E-state index contributed by atoms with van der Waals surface area (Å²) in [7, 11) is 0. The normalized spacial score (nSPS) is 24.5. The molecule has 1 heterocycles. The molecule has 1 aromatic heterocycles. The summed E-state index contributed by atoms with van der Waals surface area (Å²) in [5.41, 5.74) is 1.30. The molecule has 0 saturated heterocycles. The van der Waals surface area contributed by atoms with Crippen LogP contribution in [0.5, 0.6) is 0 Å². The first kappa shape index (κ1) is 13.2. The minimum absolute atomic E-state index is 0.0385. The molecule has 0 aromatic carbocycles. The minimum atomic E-state index is 0.0385. The van der Waals surface area contributed by atoms with E-state index in [0.29, 0.717) is 11.0 Å². The molecule has 98 valence electrons. The van der Waals surface area contributed by atoms with Gasteiger partial charge in [-0.2, -0.15) is 0 Å². The Hall–Kier alpha value is -1.23. The number of aryl methyl sites for hydroxylation is 1. The van der Waals surface area contributed by atoms with E-state index in [1.54, 1.807) is 0 Å². The largest absolute Gasteiger partial charge is 0.300 e. The van der Waals surface area contributed by atoms with Gasteiger partial charge in [0.05, 0.1) is 5.92 Å². The van der Waals surface area contributed by atoms with Crippen LogP contribution in [-0.2, 0) is 4.79 Å². The highest BCUT2D eigenvalue weighted by Crippen LogP contribution is 2.59. The molecule has 4 nitrogen and oxygen atoms in total. The molecule has 5 heteroatoms. The molecule has 0 unspecified atom stereocenters. The molecule has 2 rings (SSSR count). The van der Waals surface area contributed by atoms with E-state index in [1.165, 1.54) is 16.9 Å². The van der Waals surface area contributed by atoms with E-state index in [-0.39, 0.29) is 17.2 Å². The summed E-state index contributed by atoms with van der Waals surface area (Å²) in [5, 5.41) is 12.1. The third kappa shape index (κ3) is 2.46. The topological polar surface area (TPSA) is 54.9 Å². The van der Waals surface area contributed by atoms with Gasteiger partial charge in [0, 0.05) is 0 Å². The molecular formula is C13H19N3OS. The number of nitrogens with one attached hydrogen (secondary N) is 1.